The minimum Gasteiger partial charge on any atom is -0.340 e. The van der Waals surface area contributed by atoms with Crippen molar-refractivity contribution in [2.75, 3.05) is 13.6 Å². The molecule has 0 aromatic heterocycles. The van der Waals surface area contributed by atoms with E-state index >= 15 is 0 Å². The number of halogens is 2. The van der Waals surface area contributed by atoms with Crippen LogP contribution in [0.3, 0.4) is 0 Å². The molecule has 0 heterocycles. The van der Waals surface area contributed by atoms with Crippen LogP contribution >= 0.6 is 0 Å². The van der Waals surface area contributed by atoms with Crippen molar-refractivity contribution in [1.82, 2.24) is 4.90 Å². The third-order valence-electron chi connectivity index (χ3n) is 2.58. The van der Waals surface area contributed by atoms with E-state index in [1.54, 1.807) is 6.92 Å². The predicted octanol–water partition coefficient (Wildman–Crippen LogP) is 2.10. The van der Waals surface area contributed by atoms with E-state index in [1.165, 1.54) is 7.05 Å². The number of amides is 1. The number of nitrogens with zero attached hydrogens (tertiary/aromatic N) is 3. The Labute approximate surface area is 113 Å². The van der Waals surface area contributed by atoms with E-state index < -0.39 is 39.6 Å². The molecule has 1 atom stereocenters. The van der Waals surface area contributed by atoms with E-state index in [0.717, 1.165) is 4.90 Å². The summed E-state index contributed by atoms with van der Waals surface area (Å²) in [5.41, 5.74) is -1.37. The predicted molar refractivity (Wildman–Crippen MR) is 64.7 cm³/mol. The summed E-state index contributed by atoms with van der Waals surface area (Å²) in [6, 6.07) is 2.75. The Morgan fingerprint density at radius 2 is 2.05 bits per heavy atom. The Morgan fingerprint density at radius 1 is 1.50 bits per heavy atom. The molecule has 1 rings (SSSR count). The van der Waals surface area contributed by atoms with Crippen LogP contribution in [0.25, 0.3) is 0 Å². The van der Waals surface area contributed by atoms with Gasteiger partial charge in [0.15, 0.2) is 11.6 Å². The number of nitro benzene ring substituents is 1. The number of carbonyl (C=O) groups is 1. The van der Waals surface area contributed by atoms with Crippen LogP contribution in [-0.4, -0.2) is 29.3 Å². The van der Waals surface area contributed by atoms with Crippen LogP contribution in [-0.2, 0) is 0 Å². The highest BCUT2D eigenvalue weighted by Gasteiger charge is 2.26. The molecular weight excluding hydrogens is 272 g/mol. The number of nitriles is 1. The average molecular weight is 283 g/mol. The lowest BCUT2D eigenvalue weighted by molar-refractivity contribution is -0.385. The summed E-state index contributed by atoms with van der Waals surface area (Å²) in [6.45, 7) is 1.58. The molecule has 0 bridgehead atoms. The maximum atomic E-state index is 13.2. The summed E-state index contributed by atoms with van der Waals surface area (Å²) in [6.07, 6.45) is 0. The molecule has 0 aliphatic carbocycles. The third kappa shape index (κ3) is 3.26. The van der Waals surface area contributed by atoms with E-state index in [9.17, 15) is 23.7 Å². The fourth-order valence-electron chi connectivity index (χ4n) is 1.60. The number of nitro groups is 1. The molecule has 20 heavy (non-hydrogen) atoms. The Hall–Kier alpha value is -2.56. The lowest BCUT2D eigenvalue weighted by Gasteiger charge is -2.18. The van der Waals surface area contributed by atoms with Crippen LogP contribution in [0, 0.1) is 39.0 Å². The molecule has 1 unspecified atom stereocenters. The van der Waals surface area contributed by atoms with Crippen molar-refractivity contribution in [2.45, 2.75) is 6.92 Å². The second kappa shape index (κ2) is 6.06. The van der Waals surface area contributed by atoms with E-state index in [2.05, 4.69) is 0 Å². The van der Waals surface area contributed by atoms with Crippen LogP contribution < -0.4 is 0 Å². The van der Waals surface area contributed by atoms with Crippen molar-refractivity contribution in [2.24, 2.45) is 5.92 Å². The van der Waals surface area contributed by atoms with Gasteiger partial charge in [0.25, 0.3) is 11.6 Å². The first-order valence-corrected chi connectivity index (χ1v) is 5.56. The molecule has 106 valence electrons. The molecule has 1 aromatic carbocycles. The molecule has 1 aromatic rings. The molecule has 6 nitrogen and oxygen atoms in total. The summed E-state index contributed by atoms with van der Waals surface area (Å²) >= 11 is 0. The minimum absolute atomic E-state index is 0.0193. The first-order valence-electron chi connectivity index (χ1n) is 5.56. The van der Waals surface area contributed by atoms with Crippen LogP contribution in [0.15, 0.2) is 12.1 Å². The van der Waals surface area contributed by atoms with Crippen LogP contribution in [0.4, 0.5) is 14.5 Å². The van der Waals surface area contributed by atoms with Crippen molar-refractivity contribution in [1.29, 1.82) is 5.26 Å². The van der Waals surface area contributed by atoms with Crippen molar-refractivity contribution >= 4 is 11.6 Å². The van der Waals surface area contributed by atoms with Gasteiger partial charge < -0.3 is 4.90 Å². The summed E-state index contributed by atoms with van der Waals surface area (Å²) in [5.74, 6) is -4.09. The van der Waals surface area contributed by atoms with E-state index in [4.69, 9.17) is 5.26 Å². The fraction of sp³-hybridized carbons (Fsp3) is 0.333. The van der Waals surface area contributed by atoms with Gasteiger partial charge in [-0.25, -0.2) is 8.78 Å². The van der Waals surface area contributed by atoms with Crippen LogP contribution in [0.2, 0.25) is 0 Å². The quantitative estimate of drug-likeness (QED) is 0.625. The van der Waals surface area contributed by atoms with Gasteiger partial charge in [0.1, 0.15) is 5.56 Å². The first kappa shape index (κ1) is 15.5. The normalized spacial score (nSPS) is 11.6. The van der Waals surface area contributed by atoms with Gasteiger partial charge in [-0.1, -0.05) is 0 Å². The fourth-order valence-corrected chi connectivity index (χ4v) is 1.60. The number of hydrogen-bond acceptors (Lipinski definition) is 4. The van der Waals surface area contributed by atoms with Crippen molar-refractivity contribution in [3.8, 4) is 6.07 Å². The molecule has 1 amide bonds. The maximum absolute atomic E-state index is 13.2. The van der Waals surface area contributed by atoms with Crippen LogP contribution in [0.5, 0.6) is 0 Å². The van der Waals surface area contributed by atoms with E-state index in [-0.39, 0.29) is 6.54 Å². The Morgan fingerprint density at radius 3 is 2.55 bits per heavy atom. The molecule has 0 saturated heterocycles. The summed E-state index contributed by atoms with van der Waals surface area (Å²) in [4.78, 5) is 22.9. The molecule has 0 radical (unpaired) electrons. The topological polar surface area (TPSA) is 87.2 Å². The van der Waals surface area contributed by atoms with Crippen molar-refractivity contribution < 1.29 is 18.5 Å². The summed E-state index contributed by atoms with van der Waals surface area (Å²) in [5, 5.41) is 19.4. The summed E-state index contributed by atoms with van der Waals surface area (Å²) < 4.78 is 26.2. The Balaban J connectivity index is 3.18. The van der Waals surface area contributed by atoms with E-state index in [0.29, 0.717) is 12.1 Å². The lowest BCUT2D eigenvalue weighted by atomic mass is 10.1. The maximum Gasteiger partial charge on any atom is 0.285 e. The highest BCUT2D eigenvalue weighted by atomic mass is 19.2. The molecular formula is C12H11F2N3O3. The van der Waals surface area contributed by atoms with Gasteiger partial charge in [-0.05, 0) is 13.0 Å². The van der Waals surface area contributed by atoms with Gasteiger partial charge in [0.05, 0.1) is 23.0 Å². The zero-order valence-electron chi connectivity index (χ0n) is 10.8. The number of carbonyl (C=O) groups excluding carboxylic acids is 1. The minimum atomic E-state index is -1.40. The molecule has 0 fully saturated rings. The van der Waals surface area contributed by atoms with Gasteiger partial charge in [-0.2, -0.15) is 5.26 Å². The standard InChI is InChI=1S/C12H11F2N3O3/c1-7(5-15)6-16(2)12(18)8-3-9(13)10(14)4-11(8)17(19)20/h3-4,7H,6H2,1-2H3. The van der Waals surface area contributed by atoms with Gasteiger partial charge in [-0.15, -0.1) is 0 Å². The average Bonchev–Trinajstić information content (AvgIpc) is 2.39. The Kier molecular flexibility index (Phi) is 4.69. The molecule has 8 heteroatoms. The van der Waals surface area contributed by atoms with Gasteiger partial charge in [-0.3, -0.25) is 14.9 Å². The molecule has 0 aliphatic heterocycles. The zero-order chi connectivity index (χ0) is 15.4. The number of rotatable bonds is 4. The van der Waals surface area contributed by atoms with Crippen LogP contribution in [0.1, 0.15) is 17.3 Å². The Bertz CT molecular complexity index is 598. The van der Waals surface area contributed by atoms with Gasteiger partial charge in [0, 0.05) is 13.6 Å². The monoisotopic (exact) mass is 283 g/mol. The third-order valence-corrected chi connectivity index (χ3v) is 2.58. The van der Waals surface area contributed by atoms with Crippen molar-refractivity contribution in [3.05, 3.63) is 39.4 Å². The first-order chi connectivity index (χ1) is 9.27. The van der Waals surface area contributed by atoms with Gasteiger partial charge >= 0.3 is 0 Å². The number of benzene rings is 1. The highest BCUT2D eigenvalue weighted by molar-refractivity contribution is 5.98. The molecule has 0 aliphatic rings. The summed E-state index contributed by atoms with van der Waals surface area (Å²) in [7, 11) is 1.32. The second-order valence-electron chi connectivity index (χ2n) is 4.26. The highest BCUT2D eigenvalue weighted by Crippen LogP contribution is 2.23. The number of hydrogen-bond donors (Lipinski definition) is 0. The molecule has 0 saturated carbocycles. The van der Waals surface area contributed by atoms with Crippen molar-refractivity contribution in [3.63, 3.8) is 0 Å². The molecule has 0 N–H and O–H groups in total. The lowest BCUT2D eigenvalue weighted by Crippen LogP contribution is -2.31. The van der Waals surface area contributed by atoms with Gasteiger partial charge in [0.2, 0.25) is 0 Å². The second-order valence-corrected chi connectivity index (χ2v) is 4.26. The molecule has 0 spiro atoms. The smallest absolute Gasteiger partial charge is 0.285 e. The SMILES string of the molecule is CC(C#N)CN(C)C(=O)c1cc(F)c(F)cc1[N+](=O)[O-]. The van der Waals surface area contributed by atoms with E-state index in [1.807, 2.05) is 6.07 Å². The zero-order valence-corrected chi connectivity index (χ0v) is 10.8. The largest absolute Gasteiger partial charge is 0.340 e.